The summed E-state index contributed by atoms with van der Waals surface area (Å²) in [6.45, 7) is 3.16. The molecule has 0 aliphatic rings. The molecule has 0 rings (SSSR count). The van der Waals surface area contributed by atoms with Gasteiger partial charge in [-0.2, -0.15) is 0 Å². The van der Waals surface area contributed by atoms with Gasteiger partial charge in [-0.05, 0) is 0 Å². The quantitative estimate of drug-likeness (QED) is 0.591. The van der Waals surface area contributed by atoms with E-state index in [1.54, 1.807) is 20.9 Å². The molecule has 11 heavy (non-hydrogen) atoms. The van der Waals surface area contributed by atoms with Crippen LogP contribution in [0.2, 0.25) is 0 Å². The van der Waals surface area contributed by atoms with Crippen LogP contribution in [0.4, 0.5) is 0 Å². The zero-order valence-corrected chi connectivity index (χ0v) is 11.1. The van der Waals surface area contributed by atoms with Gasteiger partial charge in [-0.15, -0.1) is 0 Å². The van der Waals surface area contributed by atoms with E-state index in [1.807, 2.05) is 0 Å². The SMILES string of the molecule is CC(O)[N+](C)(C(C)O)[Sn]([Cl])[Cl]. The second-order valence-electron chi connectivity index (χ2n) is 2.65. The first-order valence-electron chi connectivity index (χ1n) is 3.24. The summed E-state index contributed by atoms with van der Waals surface area (Å²) in [6.07, 6.45) is -1.42. The molecule has 2 unspecified atom stereocenters. The Labute approximate surface area is 81.6 Å². The van der Waals surface area contributed by atoms with Crippen molar-refractivity contribution in [3.8, 4) is 0 Å². The van der Waals surface area contributed by atoms with E-state index in [0.717, 1.165) is 0 Å². The zero-order valence-electron chi connectivity index (χ0n) is 6.75. The van der Waals surface area contributed by atoms with E-state index in [4.69, 9.17) is 17.8 Å². The average molecular weight is 309 g/mol. The van der Waals surface area contributed by atoms with Gasteiger partial charge in [0.05, 0.1) is 0 Å². The number of aliphatic hydroxyl groups excluding tert-OH is 2. The zero-order chi connectivity index (χ0) is 9.23. The van der Waals surface area contributed by atoms with Gasteiger partial charge < -0.3 is 0 Å². The Morgan fingerprint density at radius 2 is 1.45 bits per heavy atom. The summed E-state index contributed by atoms with van der Waals surface area (Å²) >= 11 is -2.67. The molecule has 0 saturated carbocycles. The van der Waals surface area contributed by atoms with Gasteiger partial charge in [0.2, 0.25) is 0 Å². The second kappa shape index (κ2) is 4.48. The predicted molar refractivity (Wildman–Crippen MR) is 47.0 cm³/mol. The fraction of sp³-hybridized carbons (Fsp3) is 1.00. The van der Waals surface area contributed by atoms with Crippen molar-refractivity contribution < 1.29 is 12.9 Å². The first-order valence-corrected chi connectivity index (χ1v) is 11.7. The monoisotopic (exact) mass is 309 g/mol. The first-order chi connectivity index (χ1) is 4.83. The molecule has 0 aromatic heterocycles. The molecule has 1 radical (unpaired) electrons. The summed E-state index contributed by atoms with van der Waals surface area (Å²) in [5.41, 5.74) is 0. The normalized spacial score (nSPS) is 22.9. The Kier molecular flexibility index (Phi) is 5.00. The molecule has 0 aromatic rings. The summed E-state index contributed by atoms with van der Waals surface area (Å²) < 4.78 is 0.00531. The van der Waals surface area contributed by atoms with Crippen LogP contribution in [0.3, 0.4) is 0 Å². The maximum atomic E-state index is 9.30. The molecule has 0 amide bonds. The molecule has 2 atom stereocenters. The maximum absolute atomic E-state index is 9.30. The molecular formula is C5H13Cl2NO2Sn+. The van der Waals surface area contributed by atoms with E-state index in [9.17, 15) is 10.2 Å². The minimum absolute atomic E-state index is 0.00531. The van der Waals surface area contributed by atoms with Crippen molar-refractivity contribution in [3.63, 3.8) is 0 Å². The molecule has 0 aliphatic heterocycles. The summed E-state index contributed by atoms with van der Waals surface area (Å²) in [5.74, 6) is 0. The van der Waals surface area contributed by atoms with Gasteiger partial charge in [-0.1, -0.05) is 0 Å². The van der Waals surface area contributed by atoms with Crippen LogP contribution in [0.25, 0.3) is 0 Å². The molecular weight excluding hydrogens is 296 g/mol. The molecule has 67 valence electrons. The molecule has 6 heteroatoms. The van der Waals surface area contributed by atoms with E-state index < -0.39 is 30.2 Å². The fourth-order valence-corrected chi connectivity index (χ4v) is 6.00. The summed E-state index contributed by atoms with van der Waals surface area (Å²) in [5, 5.41) is 18.6. The van der Waals surface area contributed by atoms with Crippen molar-refractivity contribution in [1.29, 1.82) is 0 Å². The molecule has 0 aromatic carbocycles. The van der Waals surface area contributed by atoms with Crippen molar-refractivity contribution in [2.24, 2.45) is 0 Å². The Morgan fingerprint density at radius 1 is 1.18 bits per heavy atom. The van der Waals surface area contributed by atoms with E-state index in [1.165, 1.54) is 0 Å². The van der Waals surface area contributed by atoms with Crippen LogP contribution < -0.4 is 0 Å². The summed E-state index contributed by atoms with van der Waals surface area (Å²) in [4.78, 5) is 0. The third-order valence-corrected chi connectivity index (χ3v) is 11.0. The van der Waals surface area contributed by atoms with Crippen LogP contribution in [-0.4, -0.2) is 50.2 Å². The Hall–Kier alpha value is 1.26. The minimum atomic E-state index is -2.67. The van der Waals surface area contributed by atoms with Crippen LogP contribution >= 0.6 is 17.8 Å². The van der Waals surface area contributed by atoms with Crippen LogP contribution in [0.5, 0.6) is 0 Å². The van der Waals surface area contributed by atoms with Gasteiger partial charge in [-0.25, -0.2) is 0 Å². The van der Waals surface area contributed by atoms with Crippen LogP contribution in [0, 0.1) is 0 Å². The number of hydrogen-bond donors (Lipinski definition) is 2. The number of quaternary nitrogens is 1. The van der Waals surface area contributed by atoms with Crippen LogP contribution in [0.1, 0.15) is 13.8 Å². The number of nitrogens with zero attached hydrogens (tertiary/aromatic N) is 1. The molecule has 0 spiro atoms. The van der Waals surface area contributed by atoms with Crippen LogP contribution in [-0.2, 0) is 0 Å². The van der Waals surface area contributed by atoms with Gasteiger partial charge in [0.25, 0.3) is 0 Å². The van der Waals surface area contributed by atoms with Crippen molar-refractivity contribution >= 4 is 35.6 Å². The number of hydrogen-bond acceptors (Lipinski definition) is 2. The van der Waals surface area contributed by atoms with Crippen molar-refractivity contribution in [1.82, 2.24) is 0 Å². The van der Waals surface area contributed by atoms with Crippen molar-refractivity contribution in [2.75, 3.05) is 7.05 Å². The Bertz CT molecular complexity index is 110. The standard InChI is InChI=1S/C5H13NO2.2ClH.Sn/c1-4(7)6(3)5(2)8;;;/h4-5,7-8H,1-3H3;2*1H;/q;;;+3/p-2. The Balaban J connectivity index is 4.53. The van der Waals surface area contributed by atoms with Gasteiger partial charge in [0, 0.05) is 0 Å². The van der Waals surface area contributed by atoms with Crippen molar-refractivity contribution in [3.05, 3.63) is 0 Å². The summed E-state index contributed by atoms with van der Waals surface area (Å²) in [7, 11) is 13.2. The second-order valence-corrected chi connectivity index (χ2v) is 12.9. The average Bonchev–Trinajstić information content (AvgIpc) is 1.84. The van der Waals surface area contributed by atoms with E-state index in [-0.39, 0.29) is 2.70 Å². The first kappa shape index (κ1) is 12.3. The molecule has 0 saturated heterocycles. The Morgan fingerprint density at radius 3 is 1.45 bits per heavy atom. The molecule has 0 bridgehead atoms. The van der Waals surface area contributed by atoms with Crippen LogP contribution in [0.15, 0.2) is 0 Å². The van der Waals surface area contributed by atoms with Crippen molar-refractivity contribution in [2.45, 2.75) is 26.3 Å². The predicted octanol–water partition coefficient (Wildman–Crippen LogP) is 0.572. The molecule has 3 nitrogen and oxygen atoms in total. The number of aliphatic hydroxyl groups is 2. The van der Waals surface area contributed by atoms with Gasteiger partial charge in [0.15, 0.2) is 0 Å². The summed E-state index contributed by atoms with van der Waals surface area (Å²) in [6, 6.07) is 0. The van der Waals surface area contributed by atoms with Gasteiger partial charge >= 0.3 is 81.9 Å². The van der Waals surface area contributed by atoms with E-state index in [2.05, 4.69) is 0 Å². The van der Waals surface area contributed by atoms with E-state index in [0.29, 0.717) is 0 Å². The van der Waals surface area contributed by atoms with Gasteiger partial charge in [0.1, 0.15) is 0 Å². The molecule has 2 N–H and O–H groups in total. The third-order valence-electron chi connectivity index (χ3n) is 1.92. The van der Waals surface area contributed by atoms with Gasteiger partial charge in [-0.3, -0.25) is 0 Å². The van der Waals surface area contributed by atoms with E-state index >= 15 is 0 Å². The number of halogens is 2. The molecule has 0 fully saturated rings. The topological polar surface area (TPSA) is 40.5 Å². The number of rotatable bonds is 3. The fourth-order valence-electron chi connectivity index (χ4n) is 0.595. The third kappa shape index (κ3) is 2.60. The molecule has 0 heterocycles. The molecule has 0 aliphatic carbocycles.